The fourth-order valence-corrected chi connectivity index (χ4v) is 3.11. The highest BCUT2D eigenvalue weighted by molar-refractivity contribution is 8.13. The molecule has 10 nitrogen and oxygen atoms in total. The third kappa shape index (κ3) is 7.55. The molecule has 1 saturated heterocycles. The molecule has 1 rings (SSSR count). The zero-order chi connectivity index (χ0) is 20.7. The summed E-state index contributed by atoms with van der Waals surface area (Å²) in [6.45, 7) is 5.81. The van der Waals surface area contributed by atoms with Gasteiger partial charge in [0.25, 0.3) is 0 Å². The molecule has 0 bridgehead atoms. The molecule has 0 amide bonds. The first-order valence-electron chi connectivity index (χ1n) is 7.99. The Hall–Kier alpha value is -2.14. The smallest absolute Gasteiger partial charge is 0.305 e. The van der Waals surface area contributed by atoms with Gasteiger partial charge in [-0.1, -0.05) is 11.8 Å². The average molecular weight is 406 g/mol. The summed E-state index contributed by atoms with van der Waals surface area (Å²) in [4.78, 5) is 57.3. The van der Waals surface area contributed by atoms with Crippen molar-refractivity contribution in [2.75, 3.05) is 5.75 Å². The van der Waals surface area contributed by atoms with Gasteiger partial charge in [0.1, 0.15) is 6.10 Å². The number of carbonyl (C=O) groups is 5. The van der Waals surface area contributed by atoms with Crippen LogP contribution in [0.15, 0.2) is 0 Å². The van der Waals surface area contributed by atoms with Crippen LogP contribution in [0, 0.1) is 0 Å². The summed E-state index contributed by atoms with van der Waals surface area (Å²) in [5, 5.41) is -0.227. The van der Waals surface area contributed by atoms with Crippen molar-refractivity contribution in [1.82, 2.24) is 0 Å². The molecule has 0 aromatic heterocycles. The van der Waals surface area contributed by atoms with E-state index < -0.39 is 54.6 Å². The SMILES string of the molecule is CC(=O)O[C@@H]1O[C@H](CSC(C)=O)[C@@H](OC(C)=O)[C@H](OC(C)=O)[C@H]1OC(C)=O. The number of thioether (sulfide) groups is 1. The largest absolute Gasteiger partial charge is 0.456 e. The lowest BCUT2D eigenvalue weighted by Gasteiger charge is -2.43. The zero-order valence-corrected chi connectivity index (χ0v) is 16.4. The lowest BCUT2D eigenvalue weighted by Crippen LogP contribution is -2.62. The van der Waals surface area contributed by atoms with E-state index in [1.807, 2.05) is 0 Å². The van der Waals surface area contributed by atoms with Crippen molar-refractivity contribution in [3.8, 4) is 0 Å². The summed E-state index contributed by atoms with van der Waals surface area (Å²) in [7, 11) is 0. The molecule has 0 aliphatic carbocycles. The highest BCUT2D eigenvalue weighted by Gasteiger charge is 2.53. The van der Waals surface area contributed by atoms with Crippen LogP contribution in [0.1, 0.15) is 34.6 Å². The minimum atomic E-state index is -1.42. The van der Waals surface area contributed by atoms with Gasteiger partial charge in [-0.2, -0.15) is 0 Å². The van der Waals surface area contributed by atoms with Crippen molar-refractivity contribution in [2.45, 2.75) is 65.3 Å². The zero-order valence-electron chi connectivity index (χ0n) is 15.6. The van der Waals surface area contributed by atoms with Gasteiger partial charge < -0.3 is 23.7 Å². The van der Waals surface area contributed by atoms with Crippen LogP contribution < -0.4 is 0 Å². The molecule has 1 aliphatic heterocycles. The van der Waals surface area contributed by atoms with Gasteiger partial charge >= 0.3 is 23.9 Å². The Morgan fingerprint density at radius 3 is 1.59 bits per heavy atom. The Bertz CT molecular complexity index is 604. The van der Waals surface area contributed by atoms with Crippen LogP contribution in [0.25, 0.3) is 0 Å². The summed E-state index contributed by atoms with van der Waals surface area (Å²) in [5.41, 5.74) is 0. The Morgan fingerprint density at radius 1 is 0.704 bits per heavy atom. The molecule has 152 valence electrons. The van der Waals surface area contributed by atoms with Gasteiger partial charge in [-0.15, -0.1) is 0 Å². The van der Waals surface area contributed by atoms with Gasteiger partial charge in [-0.25, -0.2) is 0 Å². The second-order valence-electron chi connectivity index (χ2n) is 5.68. The Labute approximate surface area is 160 Å². The second kappa shape index (κ2) is 10.3. The van der Waals surface area contributed by atoms with E-state index in [0.29, 0.717) is 0 Å². The van der Waals surface area contributed by atoms with Crippen molar-refractivity contribution in [1.29, 1.82) is 0 Å². The number of esters is 4. The number of hydrogen-bond donors (Lipinski definition) is 0. The van der Waals surface area contributed by atoms with Crippen LogP contribution in [0.3, 0.4) is 0 Å². The van der Waals surface area contributed by atoms with Crippen LogP contribution in [0.4, 0.5) is 0 Å². The lowest BCUT2D eigenvalue weighted by atomic mass is 9.98. The monoisotopic (exact) mass is 406 g/mol. The van der Waals surface area contributed by atoms with Gasteiger partial charge in [0.05, 0.1) is 0 Å². The molecular weight excluding hydrogens is 384 g/mol. The van der Waals surface area contributed by atoms with Gasteiger partial charge in [0.2, 0.25) is 12.4 Å². The average Bonchev–Trinajstić information content (AvgIpc) is 2.49. The molecule has 0 radical (unpaired) electrons. The molecule has 1 aliphatic rings. The van der Waals surface area contributed by atoms with E-state index in [1.54, 1.807) is 0 Å². The van der Waals surface area contributed by atoms with Gasteiger partial charge in [-0.3, -0.25) is 24.0 Å². The molecule has 0 aromatic rings. The Morgan fingerprint density at radius 2 is 1.15 bits per heavy atom. The molecule has 0 spiro atoms. The highest BCUT2D eigenvalue weighted by Crippen LogP contribution is 2.31. The standard InChI is InChI=1S/C16H22O10S/c1-7(17)22-13-12(6-27-11(5)21)26-16(25-10(4)20)15(24-9(3)19)14(13)23-8(2)18/h12-16H,6H2,1-5H3/t12-,13-,14+,15-,16-/m1/s1. The molecule has 0 unspecified atom stereocenters. The van der Waals surface area contributed by atoms with E-state index in [0.717, 1.165) is 39.5 Å². The van der Waals surface area contributed by atoms with E-state index in [2.05, 4.69) is 0 Å². The Balaban J connectivity index is 3.29. The first-order valence-corrected chi connectivity index (χ1v) is 8.97. The molecule has 11 heteroatoms. The summed E-state index contributed by atoms with van der Waals surface area (Å²) in [5.74, 6) is -2.91. The van der Waals surface area contributed by atoms with Crippen molar-refractivity contribution < 1.29 is 47.7 Å². The molecule has 5 atom stereocenters. The second-order valence-corrected chi connectivity index (χ2v) is 6.87. The third-order valence-corrected chi connectivity index (χ3v) is 4.13. The lowest BCUT2D eigenvalue weighted by molar-refractivity contribution is -0.291. The highest BCUT2D eigenvalue weighted by atomic mass is 32.2. The number of hydrogen-bond acceptors (Lipinski definition) is 11. The molecule has 27 heavy (non-hydrogen) atoms. The first kappa shape index (κ1) is 22.9. The number of ether oxygens (including phenoxy) is 5. The van der Waals surface area contributed by atoms with E-state index in [1.165, 1.54) is 6.92 Å². The molecule has 1 fully saturated rings. The summed E-state index contributed by atoms with van der Waals surface area (Å²) < 4.78 is 26.2. The van der Waals surface area contributed by atoms with Crippen molar-refractivity contribution in [3.63, 3.8) is 0 Å². The molecular formula is C16H22O10S. The van der Waals surface area contributed by atoms with Crippen LogP contribution in [-0.2, 0) is 47.7 Å². The van der Waals surface area contributed by atoms with Crippen LogP contribution in [-0.4, -0.2) is 65.5 Å². The van der Waals surface area contributed by atoms with Crippen LogP contribution in [0.2, 0.25) is 0 Å². The van der Waals surface area contributed by atoms with E-state index >= 15 is 0 Å². The number of rotatable bonds is 6. The van der Waals surface area contributed by atoms with Crippen molar-refractivity contribution >= 4 is 40.8 Å². The van der Waals surface area contributed by atoms with E-state index in [4.69, 9.17) is 23.7 Å². The molecule has 1 heterocycles. The maximum Gasteiger partial charge on any atom is 0.305 e. The predicted octanol–water partition coefficient (Wildman–Crippen LogP) is 0.349. The van der Waals surface area contributed by atoms with Crippen LogP contribution in [0.5, 0.6) is 0 Å². The molecule has 0 saturated carbocycles. The topological polar surface area (TPSA) is 132 Å². The van der Waals surface area contributed by atoms with Gasteiger partial charge in [0, 0.05) is 40.4 Å². The van der Waals surface area contributed by atoms with Crippen molar-refractivity contribution in [2.24, 2.45) is 0 Å². The minimum Gasteiger partial charge on any atom is -0.456 e. The van der Waals surface area contributed by atoms with Gasteiger partial charge in [0.15, 0.2) is 17.3 Å². The van der Waals surface area contributed by atoms with Gasteiger partial charge in [-0.05, 0) is 0 Å². The fourth-order valence-electron chi connectivity index (χ4n) is 2.45. The summed E-state index contributed by atoms with van der Waals surface area (Å²) in [6, 6.07) is 0. The molecule has 0 aromatic carbocycles. The normalized spacial score (nSPS) is 27.2. The maximum atomic E-state index is 11.6. The van der Waals surface area contributed by atoms with E-state index in [9.17, 15) is 24.0 Å². The van der Waals surface area contributed by atoms with E-state index in [-0.39, 0.29) is 10.9 Å². The predicted molar refractivity (Wildman–Crippen MR) is 90.2 cm³/mol. The van der Waals surface area contributed by atoms with Crippen molar-refractivity contribution in [3.05, 3.63) is 0 Å². The molecule has 0 N–H and O–H groups in total. The summed E-state index contributed by atoms with van der Waals surface area (Å²) in [6.07, 6.45) is -6.23. The summed E-state index contributed by atoms with van der Waals surface area (Å²) >= 11 is 0.882. The maximum absolute atomic E-state index is 11.6. The quantitative estimate of drug-likeness (QED) is 0.447. The van der Waals surface area contributed by atoms with Crippen LogP contribution >= 0.6 is 11.8 Å². The minimum absolute atomic E-state index is 0.0234. The fraction of sp³-hybridized carbons (Fsp3) is 0.688. The third-order valence-electron chi connectivity index (χ3n) is 3.23. The number of carbonyl (C=O) groups excluding carboxylic acids is 5. The first-order chi connectivity index (χ1) is 12.5. The Kier molecular flexibility index (Phi) is 8.70.